The number of sulfonamides is 1. The second kappa shape index (κ2) is 5.70. The highest BCUT2D eigenvalue weighted by molar-refractivity contribution is 7.89. The molecule has 0 amide bonds. The van der Waals surface area contributed by atoms with E-state index in [0.29, 0.717) is 0 Å². The fourth-order valence-corrected chi connectivity index (χ4v) is 2.98. The molecule has 0 unspecified atom stereocenters. The lowest BCUT2D eigenvalue weighted by atomic mass is 10.2. The smallest absolute Gasteiger partial charge is 0.242 e. The fraction of sp³-hybridized carbons (Fsp3) is 0.385. The third kappa shape index (κ3) is 3.77. The van der Waals surface area contributed by atoms with Crippen molar-refractivity contribution in [3.8, 4) is 11.8 Å². The Morgan fingerprint density at radius 2 is 2.16 bits per heavy atom. The van der Waals surface area contributed by atoms with Crippen molar-refractivity contribution >= 4 is 10.0 Å². The molecule has 1 aliphatic carbocycles. The molecule has 0 bridgehead atoms. The summed E-state index contributed by atoms with van der Waals surface area (Å²) in [5.41, 5.74) is 0.113. The van der Waals surface area contributed by atoms with Crippen LogP contribution in [0.15, 0.2) is 23.1 Å². The van der Waals surface area contributed by atoms with Crippen molar-refractivity contribution in [3.05, 3.63) is 29.6 Å². The molecule has 1 aliphatic rings. The van der Waals surface area contributed by atoms with Gasteiger partial charge in [0.1, 0.15) is 5.82 Å². The first-order valence-corrected chi connectivity index (χ1v) is 7.43. The highest BCUT2D eigenvalue weighted by Gasteiger charge is 2.29. The van der Waals surface area contributed by atoms with Crippen molar-refractivity contribution in [1.29, 1.82) is 0 Å². The Kier molecular flexibility index (Phi) is 4.20. The number of aliphatic hydroxyl groups is 1. The molecule has 0 atom stereocenters. The number of aliphatic hydroxyl groups excluding tert-OH is 1. The van der Waals surface area contributed by atoms with Crippen LogP contribution in [0.1, 0.15) is 24.8 Å². The van der Waals surface area contributed by atoms with Gasteiger partial charge in [0.25, 0.3) is 0 Å². The van der Waals surface area contributed by atoms with Gasteiger partial charge in [0.2, 0.25) is 10.0 Å². The van der Waals surface area contributed by atoms with Gasteiger partial charge in [-0.15, -0.1) is 0 Å². The molecule has 6 heteroatoms. The first-order valence-electron chi connectivity index (χ1n) is 5.94. The van der Waals surface area contributed by atoms with Crippen LogP contribution in [0.2, 0.25) is 0 Å². The maximum atomic E-state index is 13.2. The minimum atomic E-state index is -3.66. The minimum Gasteiger partial charge on any atom is -0.395 e. The molecule has 0 radical (unpaired) electrons. The van der Waals surface area contributed by atoms with Crippen molar-refractivity contribution in [1.82, 2.24) is 4.72 Å². The summed E-state index contributed by atoms with van der Waals surface area (Å²) in [6.45, 7) is -0.120. The highest BCUT2D eigenvalue weighted by Crippen LogP contribution is 2.23. The van der Waals surface area contributed by atoms with Crippen molar-refractivity contribution in [2.45, 2.75) is 30.2 Å². The normalized spacial score (nSPS) is 14.8. The molecule has 19 heavy (non-hydrogen) atoms. The van der Waals surface area contributed by atoms with E-state index >= 15 is 0 Å². The van der Waals surface area contributed by atoms with Gasteiger partial charge in [-0.3, -0.25) is 0 Å². The number of benzene rings is 1. The van der Waals surface area contributed by atoms with E-state index in [0.717, 1.165) is 25.0 Å². The van der Waals surface area contributed by atoms with E-state index in [1.807, 2.05) is 0 Å². The van der Waals surface area contributed by atoms with Crippen LogP contribution in [0.4, 0.5) is 4.39 Å². The number of hydrogen-bond donors (Lipinski definition) is 2. The summed E-state index contributed by atoms with van der Waals surface area (Å²) in [6, 6.07) is 3.38. The van der Waals surface area contributed by atoms with Crippen molar-refractivity contribution in [3.63, 3.8) is 0 Å². The van der Waals surface area contributed by atoms with Gasteiger partial charge in [-0.2, -0.15) is 0 Å². The largest absolute Gasteiger partial charge is 0.395 e. The van der Waals surface area contributed by atoms with Gasteiger partial charge in [0, 0.05) is 18.0 Å². The van der Waals surface area contributed by atoms with Gasteiger partial charge in [-0.1, -0.05) is 11.8 Å². The molecule has 0 aliphatic heterocycles. The van der Waals surface area contributed by atoms with Gasteiger partial charge in [0.15, 0.2) is 0 Å². The van der Waals surface area contributed by atoms with Gasteiger partial charge in [0.05, 0.1) is 11.5 Å². The van der Waals surface area contributed by atoms with E-state index in [1.54, 1.807) is 0 Å². The topological polar surface area (TPSA) is 66.4 Å². The number of rotatable bonds is 4. The molecule has 1 saturated carbocycles. The van der Waals surface area contributed by atoms with Crippen molar-refractivity contribution in [2.75, 3.05) is 6.61 Å². The minimum absolute atomic E-state index is 0.0201. The summed E-state index contributed by atoms with van der Waals surface area (Å²) in [6.07, 6.45) is 1.87. The number of hydrogen-bond acceptors (Lipinski definition) is 3. The Labute approximate surface area is 111 Å². The number of nitrogens with one attached hydrogen (secondary N) is 1. The average molecular weight is 283 g/mol. The Balaban J connectivity index is 2.36. The molecular weight excluding hydrogens is 269 g/mol. The van der Waals surface area contributed by atoms with Gasteiger partial charge >= 0.3 is 0 Å². The quantitative estimate of drug-likeness (QED) is 0.810. The molecule has 2 rings (SSSR count). The van der Waals surface area contributed by atoms with Crippen LogP contribution in [-0.2, 0) is 10.0 Å². The van der Waals surface area contributed by atoms with E-state index in [1.165, 1.54) is 6.07 Å². The van der Waals surface area contributed by atoms with Crippen LogP contribution in [-0.4, -0.2) is 26.2 Å². The Hall–Kier alpha value is -1.42. The summed E-state index contributed by atoms with van der Waals surface area (Å²) in [5, 5.41) is 8.65. The second-order valence-electron chi connectivity index (χ2n) is 4.31. The predicted molar refractivity (Wildman–Crippen MR) is 68.3 cm³/mol. The Bertz CT molecular complexity index is 627. The van der Waals surface area contributed by atoms with Crippen molar-refractivity contribution in [2.24, 2.45) is 0 Å². The van der Waals surface area contributed by atoms with Crippen LogP contribution in [0.25, 0.3) is 0 Å². The molecule has 102 valence electrons. The van der Waals surface area contributed by atoms with Crippen molar-refractivity contribution < 1.29 is 17.9 Å². The van der Waals surface area contributed by atoms with E-state index in [9.17, 15) is 12.8 Å². The molecule has 4 nitrogen and oxygen atoms in total. The molecule has 1 aromatic carbocycles. The van der Waals surface area contributed by atoms with Gasteiger partial charge in [-0.25, -0.2) is 17.5 Å². The molecule has 1 fully saturated rings. The molecule has 1 aromatic rings. The molecule has 0 saturated heterocycles. The third-order valence-electron chi connectivity index (χ3n) is 2.59. The lowest BCUT2D eigenvalue weighted by molar-refractivity contribution is 0.305. The van der Waals surface area contributed by atoms with E-state index in [2.05, 4.69) is 16.6 Å². The predicted octanol–water partition coefficient (Wildman–Crippen LogP) is 1.00. The average Bonchev–Trinajstić information content (AvgIpc) is 3.12. The van der Waals surface area contributed by atoms with Crippen LogP contribution < -0.4 is 4.72 Å². The summed E-state index contributed by atoms with van der Waals surface area (Å²) >= 11 is 0. The molecule has 0 spiro atoms. The fourth-order valence-electron chi connectivity index (χ4n) is 1.53. The number of halogens is 1. The van der Waals surface area contributed by atoms with E-state index in [4.69, 9.17) is 5.11 Å². The van der Waals surface area contributed by atoms with Crippen LogP contribution in [0.3, 0.4) is 0 Å². The summed E-state index contributed by atoms with van der Waals surface area (Å²) in [5.74, 6) is 4.64. The van der Waals surface area contributed by atoms with E-state index in [-0.39, 0.29) is 29.5 Å². The molecule has 0 aromatic heterocycles. The van der Waals surface area contributed by atoms with Gasteiger partial charge < -0.3 is 5.11 Å². The molecular formula is C13H14FNO3S. The second-order valence-corrected chi connectivity index (χ2v) is 5.99. The summed E-state index contributed by atoms with van der Waals surface area (Å²) in [4.78, 5) is -0.0220. The third-order valence-corrected chi connectivity index (χ3v) is 4.17. The van der Waals surface area contributed by atoms with Gasteiger partial charge in [-0.05, 0) is 31.0 Å². The van der Waals surface area contributed by atoms with Crippen LogP contribution >= 0.6 is 0 Å². The Morgan fingerprint density at radius 1 is 1.42 bits per heavy atom. The lowest BCUT2D eigenvalue weighted by Gasteiger charge is -2.07. The molecule has 0 heterocycles. The first-order chi connectivity index (χ1) is 9.03. The van der Waals surface area contributed by atoms with Crippen LogP contribution in [0, 0.1) is 17.7 Å². The van der Waals surface area contributed by atoms with Crippen LogP contribution in [0.5, 0.6) is 0 Å². The summed E-state index contributed by atoms with van der Waals surface area (Å²) < 4.78 is 39.9. The SMILES string of the molecule is O=S(=O)(NC1CC1)c1ccc(F)cc1C#CCCO. The monoisotopic (exact) mass is 283 g/mol. The zero-order chi connectivity index (χ0) is 13.9. The zero-order valence-corrected chi connectivity index (χ0v) is 11.0. The van der Waals surface area contributed by atoms with E-state index < -0.39 is 15.8 Å². The molecule has 2 N–H and O–H groups in total. The lowest BCUT2D eigenvalue weighted by Crippen LogP contribution is -2.26. The maximum Gasteiger partial charge on any atom is 0.242 e. The summed E-state index contributed by atoms with van der Waals surface area (Å²) in [7, 11) is -3.66. The highest BCUT2D eigenvalue weighted by atomic mass is 32.2. The first kappa shape index (κ1) is 14.0. The zero-order valence-electron chi connectivity index (χ0n) is 10.2. The maximum absolute atomic E-state index is 13.2. The Morgan fingerprint density at radius 3 is 2.79 bits per heavy atom. The standard InChI is InChI=1S/C13H14FNO3S/c14-11-4-7-13(10(9-11)3-1-2-8-16)19(17,18)15-12-5-6-12/h4,7,9,12,15-16H,2,5-6,8H2.